The van der Waals surface area contributed by atoms with Gasteiger partial charge in [0, 0.05) is 12.1 Å². The summed E-state index contributed by atoms with van der Waals surface area (Å²) in [5.74, 6) is 0.760. The minimum Gasteiger partial charge on any atom is -0.328 e. The van der Waals surface area contributed by atoms with Gasteiger partial charge >= 0.3 is 6.03 Å². The highest BCUT2D eigenvalue weighted by molar-refractivity contribution is 7.90. The Morgan fingerprint density at radius 3 is 2.05 bits per heavy atom. The lowest BCUT2D eigenvalue weighted by molar-refractivity contribution is -0.121. The molecule has 1 unspecified atom stereocenters. The van der Waals surface area contributed by atoms with Crippen molar-refractivity contribution >= 4 is 27.3 Å². The van der Waals surface area contributed by atoms with Crippen LogP contribution in [-0.4, -0.2) is 26.3 Å². The molecule has 6 nitrogen and oxygen atoms in total. The number of hydrogen-bond acceptors (Lipinski definition) is 4. The maximum atomic E-state index is 13.0. The monoisotopic (exact) mass is 570 g/mol. The molecular weight excluding hydrogens is 520 g/mol. The number of carbonyl (C=O) groups is 2. The quantitative estimate of drug-likeness (QED) is 0.226. The predicted octanol–water partition coefficient (Wildman–Crippen LogP) is 8.06. The first kappa shape index (κ1) is 33.5. The van der Waals surface area contributed by atoms with Gasteiger partial charge in [-0.2, -0.15) is 0 Å². The summed E-state index contributed by atoms with van der Waals surface area (Å²) in [5.41, 5.74) is 2.20. The van der Waals surface area contributed by atoms with E-state index in [1.165, 1.54) is 6.42 Å². The van der Waals surface area contributed by atoms with Gasteiger partial charge in [-0.1, -0.05) is 98.4 Å². The maximum absolute atomic E-state index is 13.0. The Hall–Kier alpha value is -2.67. The Kier molecular flexibility index (Phi) is 12.9. The van der Waals surface area contributed by atoms with E-state index in [0.717, 1.165) is 31.2 Å². The van der Waals surface area contributed by atoms with E-state index >= 15 is 0 Å². The number of anilines is 1. The van der Waals surface area contributed by atoms with Crippen LogP contribution in [0.25, 0.3) is 0 Å². The van der Waals surface area contributed by atoms with Gasteiger partial charge in [0.1, 0.15) is 0 Å². The van der Waals surface area contributed by atoms with Gasteiger partial charge in [-0.25, -0.2) is 13.2 Å². The number of unbranched alkanes of at least 4 members (excludes halogenated alkanes) is 1. The summed E-state index contributed by atoms with van der Waals surface area (Å²) in [6.07, 6.45) is 6.47. The molecule has 222 valence electrons. The highest BCUT2D eigenvalue weighted by atomic mass is 32.2. The number of rotatable bonds is 15. The number of carbonyl (C=O) groups excluding carboxylic acids is 2. The van der Waals surface area contributed by atoms with Gasteiger partial charge < -0.3 is 10.6 Å². The summed E-state index contributed by atoms with van der Waals surface area (Å²) in [5, 5.41) is 5.67. The molecule has 0 spiro atoms. The van der Waals surface area contributed by atoms with Crippen LogP contribution in [0.4, 0.5) is 10.5 Å². The second kappa shape index (κ2) is 15.4. The smallest absolute Gasteiger partial charge is 0.319 e. The molecule has 0 saturated carbocycles. The van der Waals surface area contributed by atoms with Crippen molar-refractivity contribution in [2.75, 3.05) is 5.32 Å². The van der Waals surface area contributed by atoms with Crippen molar-refractivity contribution in [1.82, 2.24) is 5.32 Å². The van der Waals surface area contributed by atoms with Crippen molar-refractivity contribution < 1.29 is 18.0 Å². The Labute approximate surface area is 242 Å². The van der Waals surface area contributed by atoms with Crippen LogP contribution in [0.15, 0.2) is 53.4 Å². The number of sulfone groups is 1. The third-order valence-corrected chi connectivity index (χ3v) is 9.10. The van der Waals surface area contributed by atoms with Crippen molar-refractivity contribution in [2.24, 2.45) is 11.8 Å². The Morgan fingerprint density at radius 2 is 1.52 bits per heavy atom. The average Bonchev–Trinajstić information content (AvgIpc) is 2.88. The van der Waals surface area contributed by atoms with Crippen LogP contribution in [0.3, 0.4) is 0 Å². The number of Topliss-reactive ketones (excluding diaryl/α,β-unsaturated/α-hetero) is 1. The highest BCUT2D eigenvalue weighted by Gasteiger charge is 2.23. The summed E-state index contributed by atoms with van der Waals surface area (Å²) in [4.78, 5) is 26.1. The number of benzene rings is 2. The van der Waals surface area contributed by atoms with E-state index in [4.69, 9.17) is 0 Å². The Balaban J connectivity index is 1.98. The number of hydrogen-bond donors (Lipinski definition) is 2. The lowest BCUT2D eigenvalue weighted by atomic mass is 9.87. The van der Waals surface area contributed by atoms with E-state index in [9.17, 15) is 18.0 Å². The minimum atomic E-state index is -3.50. The van der Waals surface area contributed by atoms with Gasteiger partial charge in [-0.05, 0) is 65.5 Å². The molecule has 0 aliphatic rings. The van der Waals surface area contributed by atoms with E-state index in [-0.39, 0.29) is 22.9 Å². The third-order valence-electron chi connectivity index (χ3n) is 7.39. The van der Waals surface area contributed by atoms with Crippen molar-refractivity contribution in [3.05, 3.63) is 59.7 Å². The molecule has 40 heavy (non-hydrogen) atoms. The molecule has 0 fully saturated rings. The normalized spacial score (nSPS) is 13.6. The first-order chi connectivity index (χ1) is 18.7. The zero-order chi connectivity index (χ0) is 29.9. The third kappa shape index (κ3) is 11.1. The van der Waals surface area contributed by atoms with Gasteiger partial charge in [0.2, 0.25) is 0 Å². The molecule has 0 radical (unpaired) electrons. The summed E-state index contributed by atoms with van der Waals surface area (Å²) in [6.45, 7) is 14.7. The first-order valence-corrected chi connectivity index (χ1v) is 16.4. The molecule has 0 saturated heterocycles. The molecule has 0 aliphatic carbocycles. The maximum Gasteiger partial charge on any atom is 0.319 e. The molecule has 2 aromatic carbocycles. The summed E-state index contributed by atoms with van der Waals surface area (Å²) in [7, 11) is -3.50. The second-order valence-corrected chi connectivity index (χ2v) is 14.4. The highest BCUT2D eigenvalue weighted by Crippen LogP contribution is 2.25. The Bertz CT molecular complexity index is 1180. The van der Waals surface area contributed by atoms with E-state index in [2.05, 4.69) is 45.3 Å². The van der Waals surface area contributed by atoms with Crippen LogP contribution in [0.5, 0.6) is 0 Å². The fourth-order valence-electron chi connectivity index (χ4n) is 4.78. The lowest BCUT2D eigenvalue weighted by Crippen LogP contribution is -2.43. The van der Waals surface area contributed by atoms with E-state index in [1.807, 2.05) is 26.0 Å². The SMILES string of the molecule is CCCCC(CC)CCC(=O)[C@@H](CC(C)C)NC(=O)Nc1ccc(CS(=O)(=O)c2ccc(C(C)(C)C)cc2)cc1. The number of amides is 2. The van der Waals surface area contributed by atoms with Gasteiger partial charge in [0.05, 0.1) is 16.7 Å². The topological polar surface area (TPSA) is 92.3 Å². The lowest BCUT2D eigenvalue weighted by Gasteiger charge is -2.21. The second-order valence-electron chi connectivity index (χ2n) is 12.4. The average molecular weight is 571 g/mol. The zero-order valence-electron chi connectivity index (χ0n) is 25.5. The van der Waals surface area contributed by atoms with Crippen LogP contribution in [0, 0.1) is 11.8 Å². The van der Waals surface area contributed by atoms with Crippen LogP contribution < -0.4 is 10.6 Å². The van der Waals surface area contributed by atoms with Crippen molar-refractivity contribution in [2.45, 2.75) is 116 Å². The van der Waals surface area contributed by atoms with Gasteiger partial charge in [0.15, 0.2) is 15.6 Å². The molecule has 2 N–H and O–H groups in total. The van der Waals surface area contributed by atoms with Gasteiger partial charge in [0.25, 0.3) is 0 Å². The molecule has 0 aromatic heterocycles. The summed E-state index contributed by atoms with van der Waals surface area (Å²) >= 11 is 0. The van der Waals surface area contributed by atoms with Crippen LogP contribution in [0.2, 0.25) is 0 Å². The Morgan fingerprint density at radius 1 is 0.900 bits per heavy atom. The number of ketones is 1. The molecule has 0 heterocycles. The van der Waals surface area contributed by atoms with Crippen LogP contribution in [-0.2, 0) is 25.8 Å². The van der Waals surface area contributed by atoms with Gasteiger partial charge in [-0.3, -0.25) is 4.79 Å². The van der Waals surface area contributed by atoms with E-state index in [1.54, 1.807) is 36.4 Å². The molecule has 7 heteroatoms. The fourth-order valence-corrected chi connectivity index (χ4v) is 6.13. The molecular formula is C33H50N2O4S. The molecule has 0 aliphatic heterocycles. The molecule has 0 bridgehead atoms. The predicted molar refractivity (Wildman–Crippen MR) is 165 cm³/mol. The molecule has 2 rings (SSSR count). The van der Waals surface area contributed by atoms with Crippen molar-refractivity contribution in [3.63, 3.8) is 0 Å². The van der Waals surface area contributed by atoms with E-state index < -0.39 is 21.9 Å². The van der Waals surface area contributed by atoms with Crippen molar-refractivity contribution in [1.29, 1.82) is 0 Å². The molecule has 2 atom stereocenters. The van der Waals surface area contributed by atoms with Gasteiger partial charge in [-0.15, -0.1) is 0 Å². The van der Waals surface area contributed by atoms with E-state index in [0.29, 0.717) is 34.9 Å². The van der Waals surface area contributed by atoms with Crippen LogP contribution in [0.1, 0.15) is 105 Å². The number of urea groups is 1. The summed E-state index contributed by atoms with van der Waals surface area (Å²) in [6, 6.07) is 12.9. The largest absolute Gasteiger partial charge is 0.328 e. The van der Waals surface area contributed by atoms with Crippen LogP contribution >= 0.6 is 0 Å². The zero-order valence-corrected chi connectivity index (χ0v) is 26.4. The standard InChI is InChI=1S/C33H50N2O4S/c1-8-10-11-25(9-2)14-21-31(36)30(22-24(3)4)35-32(37)34-28-17-12-26(13-18-28)23-40(38,39)29-19-15-27(16-20-29)33(5,6)7/h12-13,15-20,24-25,30H,8-11,14,21-23H2,1-7H3,(H2,34,35,37)/t25?,30-/m1/s1. The molecule has 2 aromatic rings. The fraction of sp³-hybridized carbons (Fsp3) is 0.576. The number of nitrogens with one attached hydrogen (secondary N) is 2. The first-order valence-electron chi connectivity index (χ1n) is 14.8. The summed E-state index contributed by atoms with van der Waals surface area (Å²) < 4.78 is 25.9. The minimum absolute atomic E-state index is 0.0497. The van der Waals surface area contributed by atoms with Crippen molar-refractivity contribution in [3.8, 4) is 0 Å². The molecule has 2 amide bonds.